The molecule has 0 fully saturated rings. The summed E-state index contributed by atoms with van der Waals surface area (Å²) in [6, 6.07) is 182. The van der Waals surface area contributed by atoms with Crippen molar-refractivity contribution >= 4 is 239 Å². The molecule has 0 atom stereocenters. The van der Waals surface area contributed by atoms with E-state index in [4.69, 9.17) is 22.1 Å². The van der Waals surface area contributed by atoms with Gasteiger partial charge in [0.05, 0.1) is 11.0 Å². The molecule has 0 N–H and O–H groups in total. The Balaban J connectivity index is 0.000000100. The van der Waals surface area contributed by atoms with E-state index in [0.29, 0.717) is 0 Å². The molecule has 6 heteroatoms. The van der Waals surface area contributed by atoms with Crippen LogP contribution in [0.1, 0.15) is 0 Å². The maximum Gasteiger partial charge on any atom is 0.136 e. The standard InChI is InChI=1S/C48H29NO.C48H28O2.C46H26O2/c1-2-13-31-29-46-42(27-30(31)12-1)41-28-33(24-25-45(41)50-46)48-39-20-5-3-18-37(39)47(38-19-4-6-21-40(38)48)32-14-11-15-34(26-32)49-43-22-9-7-16-35(43)36-17-8-10-23-44(36)49;1-2-10-32-28-46-42(25-31(32)9-1)41-27-34(22-24-45(41)50-46)48-38-14-5-3-12-36(38)47(37-13-4-6-15-39(37)48)30-19-17-29(18-20-30)33-21-23-44-40(26-33)35-11-7-8-16-43(35)49-44;1-2-11-29-26-43-38(23-28(29)10-1)37-24-30(18-20-40(37)48-43)44-33-13-5-7-15-35(33)45(36-16-8-6-14-34(36)44)31-19-21-41-39(25-31)46-32-12-4-3-9-27(32)17-22-42(46)47-41/h1-29H;1-28H;1-26H. The van der Waals surface area contributed by atoms with Crippen molar-refractivity contribution in [2.24, 2.45) is 0 Å². The van der Waals surface area contributed by atoms with E-state index in [2.05, 4.69) is 496 Å². The molecule has 0 saturated heterocycles. The maximum atomic E-state index is 6.40. The van der Waals surface area contributed by atoms with Crippen LogP contribution in [0.4, 0.5) is 0 Å². The third kappa shape index (κ3) is 13.1. The molecule has 27 aromatic carbocycles. The van der Waals surface area contributed by atoms with Crippen LogP contribution in [0, 0.1) is 0 Å². The minimum atomic E-state index is 0.905. The minimum Gasteiger partial charge on any atom is -0.456 e. The van der Waals surface area contributed by atoms with Gasteiger partial charge < -0.3 is 26.7 Å². The molecule has 686 valence electrons. The van der Waals surface area contributed by atoms with E-state index < -0.39 is 0 Å². The molecule has 0 amide bonds. The predicted octanol–water partition coefficient (Wildman–Crippen LogP) is 40.9. The molecule has 0 spiro atoms. The molecule has 0 aliphatic rings. The molecule has 148 heavy (non-hydrogen) atoms. The minimum absolute atomic E-state index is 0.905. The average Bonchev–Trinajstić information content (AvgIpc) is 1.44. The van der Waals surface area contributed by atoms with Crippen molar-refractivity contribution in [1.29, 1.82) is 0 Å². The molecule has 0 radical (unpaired) electrons. The number of aromatic nitrogens is 1. The number of benzene rings is 27. The maximum absolute atomic E-state index is 6.40. The Morgan fingerprint density at radius 1 is 0.115 bits per heavy atom. The molecule has 0 bridgehead atoms. The summed E-state index contributed by atoms with van der Waals surface area (Å²) in [7, 11) is 0. The van der Waals surface area contributed by atoms with Crippen molar-refractivity contribution in [2.75, 3.05) is 0 Å². The number of hydrogen-bond acceptors (Lipinski definition) is 5. The first-order valence-corrected chi connectivity index (χ1v) is 50.7. The summed E-state index contributed by atoms with van der Waals surface area (Å²) in [5.74, 6) is 0. The summed E-state index contributed by atoms with van der Waals surface area (Å²) in [5, 5.41) is 38.4. The quantitative estimate of drug-likeness (QED) is 0.142. The number of furan rings is 5. The van der Waals surface area contributed by atoms with Crippen LogP contribution in [-0.4, -0.2) is 4.57 Å². The van der Waals surface area contributed by atoms with E-state index in [1.54, 1.807) is 0 Å². The lowest BCUT2D eigenvalue weighted by atomic mass is 9.85. The highest BCUT2D eigenvalue weighted by Crippen LogP contribution is 2.53. The van der Waals surface area contributed by atoms with E-state index in [0.717, 1.165) is 110 Å². The van der Waals surface area contributed by atoms with Crippen molar-refractivity contribution < 1.29 is 22.1 Å². The van der Waals surface area contributed by atoms with Crippen LogP contribution >= 0.6 is 0 Å². The summed E-state index contributed by atoms with van der Waals surface area (Å²) >= 11 is 0. The van der Waals surface area contributed by atoms with Crippen molar-refractivity contribution in [3.63, 3.8) is 0 Å². The summed E-state index contributed by atoms with van der Waals surface area (Å²) in [6.07, 6.45) is 0. The number of fused-ring (bicyclic) bond motifs is 29. The largest absolute Gasteiger partial charge is 0.456 e. The Morgan fingerprint density at radius 2 is 0.358 bits per heavy atom. The van der Waals surface area contributed by atoms with Crippen LogP contribution in [0.3, 0.4) is 0 Å². The average molecular weight is 1880 g/mol. The summed E-state index contributed by atoms with van der Waals surface area (Å²) in [6.45, 7) is 0. The van der Waals surface area contributed by atoms with Gasteiger partial charge in [-0.1, -0.05) is 370 Å². The zero-order valence-electron chi connectivity index (χ0n) is 79.9. The number of para-hydroxylation sites is 3. The second kappa shape index (κ2) is 33.0. The third-order valence-electron chi connectivity index (χ3n) is 31.2. The number of hydrogen-bond donors (Lipinski definition) is 0. The van der Waals surface area contributed by atoms with Gasteiger partial charge in [0.25, 0.3) is 0 Å². The Labute approximate surface area is 846 Å². The lowest BCUT2D eigenvalue weighted by Gasteiger charge is -2.18. The molecule has 6 heterocycles. The monoisotopic (exact) mass is 1880 g/mol. The van der Waals surface area contributed by atoms with Gasteiger partial charge in [0.2, 0.25) is 0 Å². The van der Waals surface area contributed by atoms with Crippen molar-refractivity contribution in [3.05, 3.63) is 504 Å². The first kappa shape index (κ1) is 83.0. The van der Waals surface area contributed by atoms with Crippen LogP contribution in [0.5, 0.6) is 0 Å². The summed E-state index contributed by atoms with van der Waals surface area (Å²) in [4.78, 5) is 0. The third-order valence-corrected chi connectivity index (χ3v) is 31.2. The van der Waals surface area contributed by atoms with Gasteiger partial charge in [0.1, 0.15) is 55.8 Å². The molecule has 0 aliphatic carbocycles. The molecule has 33 aromatic rings. The zero-order chi connectivity index (χ0) is 96.9. The van der Waals surface area contributed by atoms with Crippen molar-refractivity contribution in [3.8, 4) is 83.6 Å². The van der Waals surface area contributed by atoms with Gasteiger partial charge in [-0.25, -0.2) is 0 Å². The highest BCUT2D eigenvalue weighted by Gasteiger charge is 2.27. The van der Waals surface area contributed by atoms with Gasteiger partial charge in [0.15, 0.2) is 0 Å². The predicted molar refractivity (Wildman–Crippen MR) is 623 cm³/mol. The van der Waals surface area contributed by atoms with Crippen LogP contribution in [0.25, 0.3) is 323 Å². The van der Waals surface area contributed by atoms with Crippen LogP contribution < -0.4 is 0 Å². The van der Waals surface area contributed by atoms with Gasteiger partial charge in [-0.3, -0.25) is 0 Å². The lowest BCUT2D eigenvalue weighted by molar-refractivity contribution is 0.668. The second-order valence-electron chi connectivity index (χ2n) is 39.3. The molecular weight excluding hydrogens is 1800 g/mol. The van der Waals surface area contributed by atoms with E-state index >= 15 is 0 Å². The van der Waals surface area contributed by atoms with Gasteiger partial charge in [-0.15, -0.1) is 0 Å². The van der Waals surface area contributed by atoms with Gasteiger partial charge in [0, 0.05) is 70.3 Å². The van der Waals surface area contributed by atoms with E-state index in [9.17, 15) is 0 Å². The fourth-order valence-electron chi connectivity index (χ4n) is 24.5. The van der Waals surface area contributed by atoms with E-state index in [-0.39, 0.29) is 0 Å². The fourth-order valence-corrected chi connectivity index (χ4v) is 24.5. The normalized spacial score (nSPS) is 12.1. The van der Waals surface area contributed by atoms with Gasteiger partial charge in [-0.05, 0) is 319 Å². The Morgan fingerprint density at radius 3 is 0.750 bits per heavy atom. The van der Waals surface area contributed by atoms with Crippen LogP contribution in [-0.2, 0) is 0 Å². The van der Waals surface area contributed by atoms with Crippen LogP contribution in [0.2, 0.25) is 0 Å². The topological polar surface area (TPSA) is 70.6 Å². The smallest absolute Gasteiger partial charge is 0.136 e. The molecular formula is C142H83NO5. The second-order valence-corrected chi connectivity index (χ2v) is 39.3. The van der Waals surface area contributed by atoms with E-state index in [1.165, 1.54) is 213 Å². The lowest BCUT2D eigenvalue weighted by Crippen LogP contribution is -1.95. The Kier molecular flexibility index (Phi) is 18.5. The summed E-state index contributed by atoms with van der Waals surface area (Å²) < 4.78 is 34.0. The molecule has 0 unspecified atom stereocenters. The van der Waals surface area contributed by atoms with Crippen molar-refractivity contribution in [2.45, 2.75) is 0 Å². The highest BCUT2D eigenvalue weighted by molar-refractivity contribution is 6.29. The first-order valence-electron chi connectivity index (χ1n) is 50.7. The Hall–Kier alpha value is -19.7. The molecule has 33 rings (SSSR count). The van der Waals surface area contributed by atoms with Crippen molar-refractivity contribution in [1.82, 2.24) is 4.57 Å². The number of nitrogens with zero attached hydrogens (tertiary/aromatic N) is 1. The molecule has 0 saturated carbocycles. The molecule has 6 nitrogen and oxygen atoms in total. The van der Waals surface area contributed by atoms with Gasteiger partial charge in [-0.2, -0.15) is 0 Å². The molecule has 6 aromatic heterocycles. The number of rotatable bonds is 8. The first-order chi connectivity index (χ1) is 73.3. The summed E-state index contributed by atoms with van der Waals surface area (Å²) in [5.41, 5.74) is 29.7. The van der Waals surface area contributed by atoms with E-state index in [1.807, 2.05) is 12.1 Å². The van der Waals surface area contributed by atoms with Crippen LogP contribution in [0.15, 0.2) is 526 Å². The Bertz CT molecular complexity index is 11200. The molecule has 0 aliphatic heterocycles. The highest BCUT2D eigenvalue weighted by atomic mass is 16.3. The fraction of sp³-hybridized carbons (Fsp3) is 0. The SMILES string of the molecule is c1cc(-c2c3ccccc3c(-c3ccc4oc5cc6ccccc6cc5c4c3)c3ccccc23)cc(-n2c3ccccc3c3ccccc32)c1.c1ccc2cc3c(cc2c1)oc1ccc(-c2c4ccccc4c(-c4ccc(-c5ccc6oc7ccccc7c6c5)cc4)c4ccccc24)cc13.c1ccc2cc3c(cc2c1)oc1ccc(-c2c4ccccc4c(-c4ccc5oc6ccc7ccccc7c6c5c4)c4ccccc24)cc13. The zero-order valence-corrected chi connectivity index (χ0v) is 79.9. The van der Waals surface area contributed by atoms with Gasteiger partial charge >= 0.3 is 0 Å².